The molecule has 0 bridgehead atoms. The van der Waals surface area contributed by atoms with Crippen molar-refractivity contribution < 1.29 is 13.9 Å². The minimum atomic E-state index is -1.81. The van der Waals surface area contributed by atoms with Gasteiger partial charge in [0.05, 0.1) is 11.4 Å². The van der Waals surface area contributed by atoms with E-state index in [1.54, 1.807) is 6.08 Å². The van der Waals surface area contributed by atoms with Gasteiger partial charge in [-0.15, -0.1) is 6.58 Å². The van der Waals surface area contributed by atoms with E-state index in [0.29, 0.717) is 11.9 Å². The number of alkyl halides is 1. The van der Waals surface area contributed by atoms with Crippen LogP contribution in [0.1, 0.15) is 34.6 Å². The molecule has 5 heteroatoms. The SMILES string of the molecule is C=C[C@@H](OC(CBr)OCC)[C@H](C)O[Si](C)(C)C(C)(C)C. The molecule has 0 aliphatic heterocycles. The van der Waals surface area contributed by atoms with Crippen LogP contribution in [-0.2, 0) is 13.9 Å². The van der Waals surface area contributed by atoms with Gasteiger partial charge in [-0.3, -0.25) is 0 Å². The summed E-state index contributed by atoms with van der Waals surface area (Å²) in [6.45, 7) is 19.7. The largest absolute Gasteiger partial charge is 0.411 e. The van der Waals surface area contributed by atoms with Crippen molar-refractivity contribution in [2.45, 2.75) is 71.2 Å². The summed E-state index contributed by atoms with van der Waals surface area (Å²) >= 11 is 3.40. The second kappa shape index (κ2) is 8.69. The number of hydrogen-bond donors (Lipinski definition) is 0. The molecule has 120 valence electrons. The molecule has 3 atom stereocenters. The summed E-state index contributed by atoms with van der Waals surface area (Å²) in [5, 5.41) is 0.819. The maximum Gasteiger partial charge on any atom is 0.192 e. The van der Waals surface area contributed by atoms with Crippen LogP contribution in [0.2, 0.25) is 18.1 Å². The van der Waals surface area contributed by atoms with Crippen molar-refractivity contribution in [2.75, 3.05) is 11.9 Å². The Bertz CT molecular complexity index is 289. The fraction of sp³-hybridized carbons (Fsp3) is 0.867. The minimum Gasteiger partial charge on any atom is -0.411 e. The average molecular weight is 367 g/mol. The highest BCUT2D eigenvalue weighted by molar-refractivity contribution is 9.09. The summed E-state index contributed by atoms with van der Waals surface area (Å²) in [6, 6.07) is 0. The lowest BCUT2D eigenvalue weighted by Crippen LogP contribution is -2.47. The molecular weight excluding hydrogens is 336 g/mol. The maximum absolute atomic E-state index is 6.35. The summed E-state index contributed by atoms with van der Waals surface area (Å²) < 4.78 is 17.8. The van der Waals surface area contributed by atoms with E-state index < -0.39 is 8.32 Å². The Kier molecular flexibility index (Phi) is 8.82. The van der Waals surface area contributed by atoms with Crippen LogP contribution in [0.3, 0.4) is 0 Å². The van der Waals surface area contributed by atoms with E-state index in [9.17, 15) is 0 Å². The first-order valence-electron chi connectivity index (χ1n) is 7.22. The van der Waals surface area contributed by atoms with Gasteiger partial charge in [0.2, 0.25) is 0 Å². The van der Waals surface area contributed by atoms with Crippen LogP contribution >= 0.6 is 15.9 Å². The zero-order chi connectivity index (χ0) is 16.0. The predicted octanol–water partition coefficient (Wildman–Crippen LogP) is 4.73. The molecule has 0 aromatic rings. The molecule has 0 aliphatic carbocycles. The van der Waals surface area contributed by atoms with Crippen molar-refractivity contribution in [2.24, 2.45) is 0 Å². The number of rotatable bonds is 9. The molecule has 3 nitrogen and oxygen atoms in total. The lowest BCUT2D eigenvalue weighted by Gasteiger charge is -2.40. The van der Waals surface area contributed by atoms with Gasteiger partial charge >= 0.3 is 0 Å². The summed E-state index contributed by atoms with van der Waals surface area (Å²) in [5.41, 5.74) is 0. The third-order valence-electron chi connectivity index (χ3n) is 3.77. The van der Waals surface area contributed by atoms with Crippen LogP contribution in [0.4, 0.5) is 0 Å². The molecule has 0 heterocycles. The zero-order valence-corrected chi connectivity index (χ0v) is 16.6. The van der Waals surface area contributed by atoms with E-state index >= 15 is 0 Å². The highest BCUT2D eigenvalue weighted by atomic mass is 79.9. The van der Waals surface area contributed by atoms with Gasteiger partial charge in [0.15, 0.2) is 14.6 Å². The molecule has 0 aliphatic rings. The van der Waals surface area contributed by atoms with E-state index in [1.807, 2.05) is 13.8 Å². The maximum atomic E-state index is 6.35. The highest BCUT2D eigenvalue weighted by Crippen LogP contribution is 2.37. The van der Waals surface area contributed by atoms with Gasteiger partial charge in [0.1, 0.15) is 6.10 Å². The van der Waals surface area contributed by atoms with Crippen LogP contribution in [0.15, 0.2) is 12.7 Å². The van der Waals surface area contributed by atoms with E-state index in [0.717, 1.165) is 0 Å². The van der Waals surface area contributed by atoms with Crippen LogP contribution in [-0.4, -0.2) is 38.8 Å². The van der Waals surface area contributed by atoms with Gasteiger partial charge in [-0.2, -0.15) is 0 Å². The first kappa shape index (κ1) is 20.3. The third kappa shape index (κ3) is 6.39. The molecule has 0 saturated carbocycles. The van der Waals surface area contributed by atoms with Crippen molar-refractivity contribution >= 4 is 24.2 Å². The molecule has 0 fully saturated rings. The lowest BCUT2D eigenvalue weighted by atomic mass is 10.2. The molecule has 0 amide bonds. The Morgan fingerprint density at radius 2 is 1.85 bits per heavy atom. The molecule has 0 aromatic carbocycles. The van der Waals surface area contributed by atoms with Crippen molar-refractivity contribution in [1.29, 1.82) is 0 Å². The molecule has 1 unspecified atom stereocenters. The number of hydrogen-bond acceptors (Lipinski definition) is 3. The van der Waals surface area contributed by atoms with Crippen LogP contribution in [0, 0.1) is 0 Å². The quantitative estimate of drug-likeness (QED) is 0.255. The summed E-state index contributed by atoms with van der Waals surface area (Å²) in [6.07, 6.45) is 1.33. The molecule has 0 aromatic heterocycles. The molecule has 0 saturated heterocycles. The molecule has 20 heavy (non-hydrogen) atoms. The number of halogens is 1. The molecule has 0 rings (SSSR count). The van der Waals surface area contributed by atoms with Crippen molar-refractivity contribution in [3.63, 3.8) is 0 Å². The van der Waals surface area contributed by atoms with E-state index in [-0.39, 0.29) is 23.5 Å². The highest BCUT2D eigenvalue weighted by Gasteiger charge is 2.39. The Hall–Kier alpha value is 0.317. The molecule has 0 radical (unpaired) electrons. The van der Waals surface area contributed by atoms with E-state index in [1.165, 1.54) is 0 Å². The number of ether oxygens (including phenoxy) is 2. The monoisotopic (exact) mass is 366 g/mol. The van der Waals surface area contributed by atoms with Gasteiger partial charge in [0, 0.05) is 6.61 Å². The van der Waals surface area contributed by atoms with Gasteiger partial charge in [-0.05, 0) is 32.0 Å². The second-order valence-electron chi connectivity index (χ2n) is 6.46. The van der Waals surface area contributed by atoms with Gasteiger partial charge < -0.3 is 13.9 Å². The first-order valence-corrected chi connectivity index (χ1v) is 11.3. The minimum absolute atomic E-state index is 0.0320. The smallest absolute Gasteiger partial charge is 0.192 e. The fourth-order valence-corrected chi connectivity index (χ4v) is 3.30. The Labute approximate surface area is 134 Å². The summed E-state index contributed by atoms with van der Waals surface area (Å²) in [7, 11) is -1.81. The standard InChI is InChI=1S/C15H31BrO3Si/c1-9-13(18-14(11-16)17-10-2)12(3)19-20(7,8)15(4,5)6/h9,12-14H,1,10-11H2,2-8H3/t12-,13+,14?/m0/s1. The summed E-state index contributed by atoms with van der Waals surface area (Å²) in [5.74, 6) is 0. The second-order valence-corrected chi connectivity index (χ2v) is 11.9. The summed E-state index contributed by atoms with van der Waals surface area (Å²) in [4.78, 5) is 0. The normalized spacial score (nSPS) is 17.6. The van der Waals surface area contributed by atoms with Gasteiger partial charge in [-0.1, -0.05) is 42.8 Å². The predicted molar refractivity (Wildman–Crippen MR) is 92.0 cm³/mol. The average Bonchev–Trinajstić information content (AvgIpc) is 2.32. The van der Waals surface area contributed by atoms with Crippen molar-refractivity contribution in [3.05, 3.63) is 12.7 Å². The topological polar surface area (TPSA) is 27.7 Å². The molecule has 0 N–H and O–H groups in total. The molecule has 0 spiro atoms. The fourth-order valence-electron chi connectivity index (χ4n) is 1.55. The molecular formula is C15H31BrO3Si. The van der Waals surface area contributed by atoms with Crippen LogP contribution < -0.4 is 0 Å². The van der Waals surface area contributed by atoms with Gasteiger partial charge in [0.25, 0.3) is 0 Å². The van der Waals surface area contributed by atoms with Crippen LogP contribution in [0.5, 0.6) is 0 Å². The van der Waals surface area contributed by atoms with Crippen LogP contribution in [0.25, 0.3) is 0 Å². The van der Waals surface area contributed by atoms with E-state index in [4.69, 9.17) is 13.9 Å². The Balaban J connectivity index is 4.70. The van der Waals surface area contributed by atoms with Crippen molar-refractivity contribution in [3.8, 4) is 0 Å². The van der Waals surface area contributed by atoms with Crippen molar-refractivity contribution in [1.82, 2.24) is 0 Å². The Morgan fingerprint density at radius 3 is 2.20 bits per heavy atom. The lowest BCUT2D eigenvalue weighted by molar-refractivity contribution is -0.159. The third-order valence-corrected chi connectivity index (χ3v) is 8.87. The first-order chi connectivity index (χ1) is 9.09. The van der Waals surface area contributed by atoms with E-state index in [2.05, 4.69) is 56.4 Å². The zero-order valence-electron chi connectivity index (χ0n) is 14.0. The van der Waals surface area contributed by atoms with Gasteiger partial charge in [-0.25, -0.2) is 0 Å². The Morgan fingerprint density at radius 1 is 1.30 bits per heavy atom.